The summed E-state index contributed by atoms with van der Waals surface area (Å²) >= 11 is 0. The van der Waals surface area contributed by atoms with Crippen molar-refractivity contribution in [1.29, 1.82) is 0 Å². The molecule has 5 nitrogen and oxygen atoms in total. The number of nitrogens with zero attached hydrogens (tertiary/aromatic N) is 2. The standard InChI is InChI=1S/C19H31N3O2/c1-6-14(2)21-17-11-10-15(13-20-17)16-9-7-8-12-22(16)18(23)24-19(3,4)5/h10-11,13-14,16H,6-9,12H2,1-5H3,(H,20,21). The van der Waals surface area contributed by atoms with E-state index in [1.165, 1.54) is 0 Å². The number of carbonyl (C=O) groups is 1. The summed E-state index contributed by atoms with van der Waals surface area (Å²) in [5.74, 6) is 0.882. The Morgan fingerprint density at radius 2 is 2.17 bits per heavy atom. The number of likely N-dealkylation sites (tertiary alicyclic amines) is 1. The molecule has 1 aliphatic heterocycles. The Labute approximate surface area is 145 Å². The van der Waals surface area contributed by atoms with Gasteiger partial charge in [0.1, 0.15) is 11.4 Å². The van der Waals surface area contributed by atoms with Crippen LogP contribution in [0.25, 0.3) is 0 Å². The first-order valence-corrected chi connectivity index (χ1v) is 9.02. The van der Waals surface area contributed by atoms with E-state index in [1.54, 1.807) is 0 Å². The number of ether oxygens (including phenoxy) is 1. The molecule has 0 aromatic carbocycles. The van der Waals surface area contributed by atoms with E-state index in [2.05, 4.69) is 30.2 Å². The highest BCUT2D eigenvalue weighted by molar-refractivity contribution is 5.69. The molecule has 0 spiro atoms. The quantitative estimate of drug-likeness (QED) is 0.863. The van der Waals surface area contributed by atoms with Gasteiger partial charge < -0.3 is 15.0 Å². The average Bonchev–Trinajstić information content (AvgIpc) is 2.54. The van der Waals surface area contributed by atoms with Gasteiger partial charge in [-0.1, -0.05) is 13.0 Å². The molecular formula is C19H31N3O2. The Bertz CT molecular complexity index is 537. The van der Waals surface area contributed by atoms with E-state index in [-0.39, 0.29) is 12.1 Å². The van der Waals surface area contributed by atoms with Gasteiger partial charge in [0.05, 0.1) is 6.04 Å². The van der Waals surface area contributed by atoms with Crippen LogP contribution in [-0.2, 0) is 4.74 Å². The van der Waals surface area contributed by atoms with E-state index in [0.29, 0.717) is 6.04 Å². The van der Waals surface area contributed by atoms with E-state index < -0.39 is 5.60 Å². The summed E-state index contributed by atoms with van der Waals surface area (Å²) in [6.07, 6.45) is 5.82. The van der Waals surface area contributed by atoms with Crippen molar-refractivity contribution in [2.24, 2.45) is 0 Å². The second-order valence-electron chi connectivity index (χ2n) is 7.62. The van der Waals surface area contributed by atoms with Crippen molar-refractivity contribution in [2.75, 3.05) is 11.9 Å². The van der Waals surface area contributed by atoms with Crippen molar-refractivity contribution in [3.05, 3.63) is 23.9 Å². The molecule has 2 atom stereocenters. The van der Waals surface area contributed by atoms with Gasteiger partial charge in [-0.15, -0.1) is 0 Å². The predicted octanol–water partition coefficient (Wildman–Crippen LogP) is 4.75. The lowest BCUT2D eigenvalue weighted by atomic mass is 9.97. The third-order valence-electron chi connectivity index (χ3n) is 4.31. The minimum atomic E-state index is -0.471. The summed E-state index contributed by atoms with van der Waals surface area (Å²) < 4.78 is 5.57. The van der Waals surface area contributed by atoms with Gasteiger partial charge in [-0.25, -0.2) is 9.78 Å². The molecule has 1 saturated heterocycles. The van der Waals surface area contributed by atoms with Crippen LogP contribution in [0.2, 0.25) is 0 Å². The van der Waals surface area contributed by atoms with Crippen LogP contribution in [0.1, 0.15) is 71.9 Å². The average molecular weight is 333 g/mol. The maximum atomic E-state index is 12.5. The minimum absolute atomic E-state index is 0.0544. The molecule has 5 heteroatoms. The van der Waals surface area contributed by atoms with Crippen LogP contribution in [0.3, 0.4) is 0 Å². The number of anilines is 1. The maximum absolute atomic E-state index is 12.5. The van der Waals surface area contributed by atoms with Crippen LogP contribution in [-0.4, -0.2) is 34.2 Å². The molecule has 2 unspecified atom stereocenters. The summed E-state index contributed by atoms with van der Waals surface area (Å²) in [5, 5.41) is 3.37. The molecule has 2 heterocycles. The van der Waals surface area contributed by atoms with Gasteiger partial charge in [0.25, 0.3) is 0 Å². The predicted molar refractivity (Wildman–Crippen MR) is 97.1 cm³/mol. The second-order valence-corrected chi connectivity index (χ2v) is 7.62. The smallest absolute Gasteiger partial charge is 0.410 e. The zero-order chi connectivity index (χ0) is 17.7. The number of piperidine rings is 1. The molecule has 134 valence electrons. The van der Waals surface area contributed by atoms with Gasteiger partial charge in [-0.05, 0) is 65.0 Å². The summed E-state index contributed by atoms with van der Waals surface area (Å²) in [7, 11) is 0. The SMILES string of the molecule is CCC(C)Nc1ccc(C2CCCCN2C(=O)OC(C)(C)C)cn1. The van der Waals surface area contributed by atoms with Crippen molar-refractivity contribution < 1.29 is 9.53 Å². The van der Waals surface area contributed by atoms with Gasteiger partial charge in [0.15, 0.2) is 0 Å². The fourth-order valence-corrected chi connectivity index (χ4v) is 2.86. The molecule has 1 N–H and O–H groups in total. The van der Waals surface area contributed by atoms with Crippen LogP contribution in [0.15, 0.2) is 18.3 Å². The minimum Gasteiger partial charge on any atom is -0.444 e. The number of nitrogens with one attached hydrogen (secondary N) is 1. The molecule has 24 heavy (non-hydrogen) atoms. The number of carbonyl (C=O) groups excluding carboxylic acids is 1. The number of pyridine rings is 1. The van der Waals surface area contributed by atoms with Crippen molar-refractivity contribution in [2.45, 2.75) is 78.0 Å². The first kappa shape index (κ1) is 18.6. The molecule has 0 aliphatic carbocycles. The van der Waals surface area contributed by atoms with Gasteiger partial charge in [-0.3, -0.25) is 0 Å². The van der Waals surface area contributed by atoms with Crippen molar-refractivity contribution in [1.82, 2.24) is 9.88 Å². The molecule has 1 aliphatic rings. The number of hydrogen-bond donors (Lipinski definition) is 1. The van der Waals surface area contributed by atoms with E-state index >= 15 is 0 Å². The van der Waals surface area contributed by atoms with Crippen molar-refractivity contribution in [3.8, 4) is 0 Å². The molecular weight excluding hydrogens is 302 g/mol. The normalized spacial score (nSPS) is 19.7. The number of rotatable bonds is 4. The Morgan fingerprint density at radius 1 is 1.42 bits per heavy atom. The largest absolute Gasteiger partial charge is 0.444 e. The van der Waals surface area contributed by atoms with Crippen molar-refractivity contribution in [3.63, 3.8) is 0 Å². The monoisotopic (exact) mass is 333 g/mol. The fourth-order valence-electron chi connectivity index (χ4n) is 2.86. The third kappa shape index (κ3) is 5.11. The molecule has 1 fully saturated rings. The molecule has 0 radical (unpaired) electrons. The summed E-state index contributed by atoms with van der Waals surface area (Å²) in [6.45, 7) is 10.7. The lowest BCUT2D eigenvalue weighted by Gasteiger charge is -2.36. The van der Waals surface area contributed by atoms with Crippen molar-refractivity contribution >= 4 is 11.9 Å². The Morgan fingerprint density at radius 3 is 2.75 bits per heavy atom. The first-order chi connectivity index (χ1) is 11.3. The van der Waals surface area contributed by atoms with E-state index in [4.69, 9.17) is 4.74 Å². The van der Waals surface area contributed by atoms with Crippen LogP contribution in [0.4, 0.5) is 10.6 Å². The second kappa shape index (κ2) is 7.86. The Balaban J connectivity index is 2.11. The zero-order valence-electron chi connectivity index (χ0n) is 15.6. The van der Waals surface area contributed by atoms with Gasteiger partial charge in [0, 0.05) is 18.8 Å². The topological polar surface area (TPSA) is 54.5 Å². The molecule has 2 rings (SSSR count). The van der Waals surface area contributed by atoms with E-state index in [9.17, 15) is 4.79 Å². The molecule has 0 saturated carbocycles. The lowest BCUT2D eigenvalue weighted by Crippen LogP contribution is -2.41. The van der Waals surface area contributed by atoms with Gasteiger partial charge in [0.2, 0.25) is 0 Å². The number of hydrogen-bond acceptors (Lipinski definition) is 4. The first-order valence-electron chi connectivity index (χ1n) is 9.02. The summed E-state index contributed by atoms with van der Waals surface area (Å²) in [6, 6.07) is 4.53. The number of aromatic nitrogens is 1. The van der Waals surface area contributed by atoms with Gasteiger partial charge >= 0.3 is 6.09 Å². The Hall–Kier alpha value is -1.78. The lowest BCUT2D eigenvalue weighted by molar-refractivity contribution is 0.00948. The molecule has 1 aromatic rings. The summed E-state index contributed by atoms with van der Waals surface area (Å²) in [4.78, 5) is 18.9. The highest BCUT2D eigenvalue weighted by atomic mass is 16.6. The maximum Gasteiger partial charge on any atom is 0.410 e. The van der Waals surface area contributed by atoms with Crippen LogP contribution in [0, 0.1) is 0 Å². The van der Waals surface area contributed by atoms with Gasteiger partial charge in [-0.2, -0.15) is 0 Å². The van der Waals surface area contributed by atoms with E-state index in [1.807, 2.05) is 37.9 Å². The molecule has 1 amide bonds. The Kier molecular flexibility index (Phi) is 6.08. The number of amides is 1. The summed E-state index contributed by atoms with van der Waals surface area (Å²) in [5.41, 5.74) is 0.608. The fraction of sp³-hybridized carbons (Fsp3) is 0.684. The highest BCUT2D eigenvalue weighted by Gasteiger charge is 2.31. The van der Waals surface area contributed by atoms with Crippen LogP contribution in [0.5, 0.6) is 0 Å². The van der Waals surface area contributed by atoms with E-state index in [0.717, 1.165) is 43.6 Å². The zero-order valence-corrected chi connectivity index (χ0v) is 15.6. The highest BCUT2D eigenvalue weighted by Crippen LogP contribution is 2.32. The van der Waals surface area contributed by atoms with Crippen LogP contribution < -0.4 is 5.32 Å². The molecule has 1 aromatic heterocycles. The molecule has 0 bridgehead atoms. The third-order valence-corrected chi connectivity index (χ3v) is 4.31. The van der Waals surface area contributed by atoms with Crippen LogP contribution >= 0.6 is 0 Å².